The van der Waals surface area contributed by atoms with E-state index in [4.69, 9.17) is 0 Å². The Morgan fingerprint density at radius 1 is 0.857 bits per heavy atom. The molecule has 1 nitrogen and oxygen atoms in total. The number of carbonyl (C=O) groups excluding carboxylic acids is 1. The van der Waals surface area contributed by atoms with Crippen LogP contribution in [-0.2, 0) is 11.2 Å². The van der Waals surface area contributed by atoms with E-state index in [1.165, 1.54) is 41.3 Å². The van der Waals surface area contributed by atoms with Crippen molar-refractivity contribution in [1.29, 1.82) is 0 Å². The molecular formula is C19H22OS. The summed E-state index contributed by atoms with van der Waals surface area (Å²) in [5, 5.41) is 0.228. The monoisotopic (exact) mass is 298 g/mol. The molecule has 0 N–H and O–H groups in total. The van der Waals surface area contributed by atoms with Crippen LogP contribution in [0, 0.1) is 0 Å². The van der Waals surface area contributed by atoms with E-state index in [9.17, 15) is 4.79 Å². The second kappa shape index (κ2) is 8.68. The Labute approximate surface area is 131 Å². The Balaban J connectivity index is 1.74. The van der Waals surface area contributed by atoms with Crippen molar-refractivity contribution in [3.8, 4) is 11.1 Å². The van der Waals surface area contributed by atoms with E-state index >= 15 is 0 Å². The molecule has 0 unspecified atom stereocenters. The molecule has 0 radical (unpaired) electrons. The lowest BCUT2D eigenvalue weighted by molar-refractivity contribution is -0.109. The number of benzene rings is 2. The predicted octanol–water partition coefficient (Wildman–Crippen LogP) is 5.35. The fourth-order valence-electron chi connectivity index (χ4n) is 2.32. The summed E-state index contributed by atoms with van der Waals surface area (Å²) in [6, 6.07) is 19.3. The highest BCUT2D eigenvalue weighted by molar-refractivity contribution is 8.13. The van der Waals surface area contributed by atoms with Gasteiger partial charge in [0.15, 0.2) is 5.12 Å². The molecule has 0 aromatic heterocycles. The zero-order valence-electron chi connectivity index (χ0n) is 12.5. The maximum absolute atomic E-state index is 10.8. The first-order valence-electron chi connectivity index (χ1n) is 7.53. The third-order valence-electron chi connectivity index (χ3n) is 3.48. The molecule has 0 bridgehead atoms. The summed E-state index contributed by atoms with van der Waals surface area (Å²) in [6.45, 7) is 1.64. The maximum Gasteiger partial charge on any atom is 0.185 e. The van der Waals surface area contributed by atoms with E-state index < -0.39 is 0 Å². The van der Waals surface area contributed by atoms with E-state index in [2.05, 4.69) is 48.5 Å². The van der Waals surface area contributed by atoms with Gasteiger partial charge < -0.3 is 0 Å². The van der Waals surface area contributed by atoms with Crippen LogP contribution in [0.15, 0.2) is 54.6 Å². The van der Waals surface area contributed by atoms with Crippen molar-refractivity contribution >= 4 is 16.9 Å². The van der Waals surface area contributed by atoms with Gasteiger partial charge in [0.2, 0.25) is 0 Å². The van der Waals surface area contributed by atoms with Crippen LogP contribution >= 0.6 is 11.8 Å². The van der Waals surface area contributed by atoms with Crippen LogP contribution < -0.4 is 0 Å². The summed E-state index contributed by atoms with van der Waals surface area (Å²) in [5.41, 5.74) is 3.94. The van der Waals surface area contributed by atoms with Crippen LogP contribution in [-0.4, -0.2) is 10.9 Å². The van der Waals surface area contributed by atoms with Crippen molar-refractivity contribution in [1.82, 2.24) is 0 Å². The Bertz CT molecular complexity index is 546. The molecule has 0 aliphatic heterocycles. The van der Waals surface area contributed by atoms with Gasteiger partial charge in [-0.15, -0.1) is 0 Å². The quantitative estimate of drug-likeness (QED) is 0.641. The average Bonchev–Trinajstić information content (AvgIpc) is 2.52. The van der Waals surface area contributed by atoms with Crippen LogP contribution in [0.25, 0.3) is 11.1 Å². The van der Waals surface area contributed by atoms with Crippen LogP contribution in [0.3, 0.4) is 0 Å². The zero-order chi connectivity index (χ0) is 14.9. The third-order valence-corrected chi connectivity index (χ3v) is 4.38. The lowest BCUT2D eigenvalue weighted by Gasteiger charge is -2.05. The van der Waals surface area contributed by atoms with Gasteiger partial charge in [-0.25, -0.2) is 0 Å². The third kappa shape index (κ3) is 5.76. The predicted molar refractivity (Wildman–Crippen MR) is 92.6 cm³/mol. The number of hydrogen-bond donors (Lipinski definition) is 0. The largest absolute Gasteiger partial charge is 0.288 e. The standard InChI is InChI=1S/C19H22OS/c1-16(20)21-15-7-3-4-8-17-11-13-19(14-12-17)18-9-5-2-6-10-18/h2,5-6,9-14H,3-4,7-8,15H2,1H3. The minimum absolute atomic E-state index is 0.228. The minimum atomic E-state index is 0.228. The van der Waals surface area contributed by atoms with Gasteiger partial charge in [-0.2, -0.15) is 0 Å². The Kier molecular flexibility index (Phi) is 6.55. The zero-order valence-corrected chi connectivity index (χ0v) is 13.4. The summed E-state index contributed by atoms with van der Waals surface area (Å²) >= 11 is 1.44. The van der Waals surface area contributed by atoms with Gasteiger partial charge >= 0.3 is 0 Å². The number of aryl methyl sites for hydroxylation is 1. The lowest BCUT2D eigenvalue weighted by atomic mass is 10.0. The van der Waals surface area contributed by atoms with Crippen LogP contribution in [0.5, 0.6) is 0 Å². The molecule has 0 fully saturated rings. The first-order chi connectivity index (χ1) is 10.3. The van der Waals surface area contributed by atoms with Gasteiger partial charge in [0, 0.05) is 12.7 Å². The fraction of sp³-hybridized carbons (Fsp3) is 0.316. The fourth-order valence-corrected chi connectivity index (χ4v) is 2.95. The average molecular weight is 298 g/mol. The number of carbonyl (C=O) groups is 1. The molecule has 0 aliphatic carbocycles. The molecule has 0 aliphatic rings. The molecule has 0 spiro atoms. The van der Waals surface area contributed by atoms with Gasteiger partial charge in [-0.3, -0.25) is 4.79 Å². The molecule has 2 rings (SSSR count). The number of hydrogen-bond acceptors (Lipinski definition) is 2. The summed E-state index contributed by atoms with van der Waals surface area (Å²) in [6.07, 6.45) is 4.65. The molecule has 2 heteroatoms. The van der Waals surface area contributed by atoms with E-state index in [1.54, 1.807) is 6.92 Å². The maximum atomic E-state index is 10.8. The van der Waals surface area contributed by atoms with Gasteiger partial charge in [0.05, 0.1) is 0 Å². The first kappa shape index (κ1) is 15.8. The summed E-state index contributed by atoms with van der Waals surface area (Å²) in [7, 11) is 0. The SMILES string of the molecule is CC(=O)SCCCCCc1ccc(-c2ccccc2)cc1. The minimum Gasteiger partial charge on any atom is -0.288 e. The van der Waals surface area contributed by atoms with Gasteiger partial charge in [-0.1, -0.05) is 72.8 Å². The second-order valence-corrected chi connectivity index (χ2v) is 6.49. The van der Waals surface area contributed by atoms with E-state index in [0.717, 1.165) is 18.6 Å². The van der Waals surface area contributed by atoms with E-state index in [1.807, 2.05) is 6.07 Å². The summed E-state index contributed by atoms with van der Waals surface area (Å²) in [5.74, 6) is 0.961. The number of unbranched alkanes of at least 4 members (excludes halogenated alkanes) is 2. The highest BCUT2D eigenvalue weighted by Crippen LogP contribution is 2.20. The molecule has 0 saturated heterocycles. The molecule has 21 heavy (non-hydrogen) atoms. The Hall–Kier alpha value is -1.54. The lowest BCUT2D eigenvalue weighted by Crippen LogP contribution is -1.89. The van der Waals surface area contributed by atoms with Crippen molar-refractivity contribution in [2.45, 2.75) is 32.6 Å². The second-order valence-electron chi connectivity index (χ2n) is 5.21. The summed E-state index contributed by atoms with van der Waals surface area (Å²) in [4.78, 5) is 10.8. The highest BCUT2D eigenvalue weighted by Gasteiger charge is 1.99. The smallest absolute Gasteiger partial charge is 0.185 e. The molecule has 0 heterocycles. The van der Waals surface area contributed by atoms with Crippen molar-refractivity contribution in [3.63, 3.8) is 0 Å². The summed E-state index contributed by atoms with van der Waals surface area (Å²) < 4.78 is 0. The van der Waals surface area contributed by atoms with Crippen molar-refractivity contribution in [2.75, 3.05) is 5.75 Å². The Morgan fingerprint density at radius 2 is 1.52 bits per heavy atom. The molecule has 2 aromatic rings. The molecular weight excluding hydrogens is 276 g/mol. The van der Waals surface area contributed by atoms with Crippen molar-refractivity contribution in [2.24, 2.45) is 0 Å². The first-order valence-corrected chi connectivity index (χ1v) is 8.52. The topological polar surface area (TPSA) is 17.1 Å². The molecule has 0 amide bonds. The van der Waals surface area contributed by atoms with Gasteiger partial charge in [0.1, 0.15) is 0 Å². The van der Waals surface area contributed by atoms with E-state index in [0.29, 0.717) is 0 Å². The van der Waals surface area contributed by atoms with E-state index in [-0.39, 0.29) is 5.12 Å². The van der Waals surface area contributed by atoms with Crippen molar-refractivity contribution < 1.29 is 4.79 Å². The van der Waals surface area contributed by atoms with Gasteiger partial charge in [-0.05, 0) is 36.0 Å². The molecule has 2 aromatic carbocycles. The molecule has 0 saturated carbocycles. The van der Waals surface area contributed by atoms with Crippen LogP contribution in [0.2, 0.25) is 0 Å². The highest BCUT2D eigenvalue weighted by atomic mass is 32.2. The number of rotatable bonds is 7. The van der Waals surface area contributed by atoms with Crippen LogP contribution in [0.4, 0.5) is 0 Å². The Morgan fingerprint density at radius 3 is 2.19 bits per heavy atom. The molecule has 110 valence electrons. The van der Waals surface area contributed by atoms with Gasteiger partial charge in [0.25, 0.3) is 0 Å². The molecule has 0 atom stereocenters. The number of thioether (sulfide) groups is 1. The van der Waals surface area contributed by atoms with Crippen molar-refractivity contribution in [3.05, 3.63) is 60.2 Å². The normalized spacial score (nSPS) is 10.5. The van der Waals surface area contributed by atoms with Crippen LogP contribution in [0.1, 0.15) is 31.7 Å².